The highest BCUT2D eigenvalue weighted by Gasteiger charge is 2.17. The van der Waals surface area contributed by atoms with Crippen LogP contribution < -0.4 is 14.8 Å². The third-order valence-electron chi connectivity index (χ3n) is 4.16. The van der Waals surface area contributed by atoms with Crippen LogP contribution in [0.3, 0.4) is 0 Å². The van der Waals surface area contributed by atoms with Gasteiger partial charge in [0.2, 0.25) is 0 Å². The molecule has 27 heavy (non-hydrogen) atoms. The summed E-state index contributed by atoms with van der Waals surface area (Å²) in [5, 5.41) is 4.91. The molecule has 2 aromatic carbocycles. The zero-order chi connectivity index (χ0) is 18.8. The van der Waals surface area contributed by atoms with Gasteiger partial charge in [-0.15, -0.1) is 11.3 Å². The number of imidazole rings is 1. The molecular weight excluding hydrogens is 362 g/mol. The number of nitrogens with zero attached hydrogens (tertiary/aromatic N) is 2. The molecule has 0 saturated carbocycles. The van der Waals surface area contributed by atoms with E-state index in [1.807, 2.05) is 46.4 Å². The summed E-state index contributed by atoms with van der Waals surface area (Å²) in [7, 11) is 3.05. The fourth-order valence-corrected chi connectivity index (χ4v) is 3.59. The number of hydrogen-bond donors (Lipinski definition) is 1. The molecule has 0 fully saturated rings. The number of carbonyl (C=O) groups excluding carboxylic acids is 1. The van der Waals surface area contributed by atoms with Gasteiger partial charge in [0.05, 0.1) is 25.5 Å². The lowest BCUT2D eigenvalue weighted by molar-refractivity contribution is 0.102. The molecule has 2 heterocycles. The number of amides is 1. The Morgan fingerprint density at radius 2 is 2.00 bits per heavy atom. The van der Waals surface area contributed by atoms with Gasteiger partial charge in [-0.05, 0) is 24.3 Å². The molecule has 7 heteroatoms. The van der Waals surface area contributed by atoms with E-state index in [-0.39, 0.29) is 5.91 Å². The number of benzene rings is 2. The second-order valence-electron chi connectivity index (χ2n) is 5.80. The topological polar surface area (TPSA) is 64.9 Å². The molecule has 136 valence electrons. The predicted octanol–water partition coefficient (Wildman–Crippen LogP) is 4.33. The Kier molecular flexibility index (Phi) is 4.52. The minimum atomic E-state index is -0.270. The van der Waals surface area contributed by atoms with Crippen LogP contribution >= 0.6 is 11.3 Å². The predicted molar refractivity (Wildman–Crippen MR) is 106 cm³/mol. The molecule has 0 spiro atoms. The number of aromatic nitrogens is 2. The molecule has 4 aromatic rings. The SMILES string of the molecule is COc1cccc(C(=O)Nc2cccc(-c3cn4ccsc4n3)c2)c1OC. The second kappa shape index (κ2) is 7.13. The van der Waals surface area contributed by atoms with Crippen molar-refractivity contribution in [3.63, 3.8) is 0 Å². The van der Waals surface area contributed by atoms with Crippen LogP contribution in [0.4, 0.5) is 5.69 Å². The Morgan fingerprint density at radius 1 is 1.15 bits per heavy atom. The maximum absolute atomic E-state index is 12.7. The first-order chi connectivity index (χ1) is 13.2. The van der Waals surface area contributed by atoms with E-state index in [0.717, 1.165) is 16.2 Å². The molecule has 6 nitrogen and oxygen atoms in total. The number of thiazole rings is 1. The van der Waals surface area contributed by atoms with Crippen LogP contribution in [-0.4, -0.2) is 29.5 Å². The summed E-state index contributed by atoms with van der Waals surface area (Å²) in [4.78, 5) is 18.3. The monoisotopic (exact) mass is 379 g/mol. The average molecular weight is 379 g/mol. The maximum Gasteiger partial charge on any atom is 0.259 e. The van der Waals surface area contributed by atoms with Gasteiger partial charge in [-0.3, -0.25) is 9.20 Å². The normalized spacial score (nSPS) is 10.7. The van der Waals surface area contributed by atoms with Crippen molar-refractivity contribution >= 4 is 27.9 Å². The number of fused-ring (bicyclic) bond motifs is 1. The van der Waals surface area contributed by atoms with Crippen molar-refractivity contribution in [3.8, 4) is 22.8 Å². The molecule has 0 unspecified atom stereocenters. The number of ether oxygens (including phenoxy) is 2. The molecule has 1 N–H and O–H groups in total. The van der Waals surface area contributed by atoms with Gasteiger partial charge in [-0.2, -0.15) is 0 Å². The van der Waals surface area contributed by atoms with Crippen molar-refractivity contribution in [3.05, 3.63) is 65.8 Å². The Hall–Kier alpha value is -3.32. The Balaban J connectivity index is 1.62. The van der Waals surface area contributed by atoms with Gasteiger partial charge >= 0.3 is 0 Å². The summed E-state index contributed by atoms with van der Waals surface area (Å²) in [5.41, 5.74) is 2.88. The van der Waals surface area contributed by atoms with E-state index in [9.17, 15) is 4.79 Å². The first-order valence-electron chi connectivity index (χ1n) is 8.24. The zero-order valence-corrected chi connectivity index (χ0v) is 15.6. The van der Waals surface area contributed by atoms with Crippen LogP contribution in [0.5, 0.6) is 11.5 Å². The van der Waals surface area contributed by atoms with Gasteiger partial charge in [0.15, 0.2) is 16.5 Å². The third kappa shape index (κ3) is 3.24. The van der Waals surface area contributed by atoms with Crippen molar-refractivity contribution in [2.24, 2.45) is 0 Å². The lowest BCUT2D eigenvalue weighted by Gasteiger charge is -2.13. The lowest BCUT2D eigenvalue weighted by atomic mass is 10.1. The van der Waals surface area contributed by atoms with E-state index in [0.29, 0.717) is 22.7 Å². The summed E-state index contributed by atoms with van der Waals surface area (Å²) < 4.78 is 12.6. The van der Waals surface area contributed by atoms with Gasteiger partial charge in [0, 0.05) is 29.0 Å². The number of methoxy groups -OCH3 is 2. The molecule has 4 rings (SSSR count). The first-order valence-corrected chi connectivity index (χ1v) is 9.12. The van der Waals surface area contributed by atoms with Crippen LogP contribution in [0.15, 0.2) is 60.2 Å². The Morgan fingerprint density at radius 3 is 2.78 bits per heavy atom. The van der Waals surface area contributed by atoms with Gasteiger partial charge in [-0.25, -0.2) is 4.98 Å². The molecule has 0 bridgehead atoms. The molecule has 0 radical (unpaired) electrons. The highest BCUT2D eigenvalue weighted by molar-refractivity contribution is 7.15. The number of nitrogens with one attached hydrogen (secondary N) is 1. The Bertz CT molecular complexity index is 1090. The van der Waals surface area contributed by atoms with E-state index in [1.54, 1.807) is 36.6 Å². The van der Waals surface area contributed by atoms with Crippen molar-refractivity contribution in [2.45, 2.75) is 0 Å². The highest BCUT2D eigenvalue weighted by atomic mass is 32.1. The van der Waals surface area contributed by atoms with Crippen LogP contribution in [0.2, 0.25) is 0 Å². The number of rotatable bonds is 5. The van der Waals surface area contributed by atoms with E-state index in [4.69, 9.17) is 9.47 Å². The highest BCUT2D eigenvalue weighted by Crippen LogP contribution is 2.31. The molecule has 0 aliphatic carbocycles. The largest absolute Gasteiger partial charge is 0.493 e. The quantitative estimate of drug-likeness (QED) is 0.560. The molecule has 0 aliphatic rings. The lowest BCUT2D eigenvalue weighted by Crippen LogP contribution is -2.13. The number of para-hydroxylation sites is 1. The smallest absolute Gasteiger partial charge is 0.259 e. The van der Waals surface area contributed by atoms with Gasteiger partial charge in [0.1, 0.15) is 0 Å². The van der Waals surface area contributed by atoms with Gasteiger partial charge < -0.3 is 14.8 Å². The molecule has 1 amide bonds. The van der Waals surface area contributed by atoms with Crippen molar-refractivity contribution in [2.75, 3.05) is 19.5 Å². The van der Waals surface area contributed by atoms with Crippen LogP contribution in [0.1, 0.15) is 10.4 Å². The van der Waals surface area contributed by atoms with Crippen molar-refractivity contribution < 1.29 is 14.3 Å². The third-order valence-corrected chi connectivity index (χ3v) is 4.93. The average Bonchev–Trinajstić information content (AvgIpc) is 3.29. The first kappa shape index (κ1) is 17.1. The summed E-state index contributed by atoms with van der Waals surface area (Å²) in [6.07, 6.45) is 3.94. The van der Waals surface area contributed by atoms with E-state index in [1.165, 1.54) is 7.11 Å². The fourth-order valence-electron chi connectivity index (χ4n) is 2.89. The Labute approximate surface area is 160 Å². The summed E-state index contributed by atoms with van der Waals surface area (Å²) in [6.45, 7) is 0. The molecule has 0 saturated heterocycles. The minimum absolute atomic E-state index is 0.270. The van der Waals surface area contributed by atoms with Crippen LogP contribution in [-0.2, 0) is 0 Å². The van der Waals surface area contributed by atoms with Crippen molar-refractivity contribution in [1.82, 2.24) is 9.38 Å². The second-order valence-corrected chi connectivity index (χ2v) is 6.67. The van der Waals surface area contributed by atoms with Crippen LogP contribution in [0.25, 0.3) is 16.2 Å². The van der Waals surface area contributed by atoms with Crippen LogP contribution in [0, 0.1) is 0 Å². The summed E-state index contributed by atoms with van der Waals surface area (Å²) in [5.74, 6) is 0.647. The number of carbonyl (C=O) groups is 1. The minimum Gasteiger partial charge on any atom is -0.493 e. The maximum atomic E-state index is 12.7. The summed E-state index contributed by atoms with van der Waals surface area (Å²) >= 11 is 1.58. The molecule has 0 atom stereocenters. The number of hydrogen-bond acceptors (Lipinski definition) is 5. The molecule has 2 aromatic heterocycles. The molecule has 0 aliphatic heterocycles. The summed E-state index contributed by atoms with van der Waals surface area (Å²) in [6, 6.07) is 12.8. The van der Waals surface area contributed by atoms with Gasteiger partial charge in [-0.1, -0.05) is 18.2 Å². The van der Waals surface area contributed by atoms with Crippen molar-refractivity contribution in [1.29, 1.82) is 0 Å². The molecular formula is C20H17N3O3S. The fraction of sp³-hybridized carbons (Fsp3) is 0.100. The van der Waals surface area contributed by atoms with E-state index < -0.39 is 0 Å². The van der Waals surface area contributed by atoms with Gasteiger partial charge in [0.25, 0.3) is 5.91 Å². The van der Waals surface area contributed by atoms with E-state index >= 15 is 0 Å². The standard InChI is InChI=1S/C20H17N3O3S/c1-25-17-8-4-7-15(18(17)26-2)19(24)21-14-6-3-5-13(11-14)16-12-23-9-10-27-20(23)22-16/h3-12H,1-2H3,(H,21,24). The van der Waals surface area contributed by atoms with E-state index in [2.05, 4.69) is 10.3 Å². The number of anilines is 1. The zero-order valence-electron chi connectivity index (χ0n) is 14.8.